The van der Waals surface area contributed by atoms with E-state index in [0.717, 1.165) is 18.4 Å². The van der Waals surface area contributed by atoms with Gasteiger partial charge in [0, 0.05) is 5.69 Å². The summed E-state index contributed by atoms with van der Waals surface area (Å²) in [7, 11) is -2.22. The van der Waals surface area contributed by atoms with Crippen molar-refractivity contribution < 1.29 is 22.7 Å². The van der Waals surface area contributed by atoms with Gasteiger partial charge in [-0.3, -0.25) is 4.72 Å². The first-order valence-electron chi connectivity index (χ1n) is 8.73. The van der Waals surface area contributed by atoms with Crippen molar-refractivity contribution >= 4 is 21.7 Å². The van der Waals surface area contributed by atoms with Gasteiger partial charge in [-0.2, -0.15) is 0 Å². The molecule has 0 atom stereocenters. The van der Waals surface area contributed by atoms with E-state index in [1.54, 1.807) is 45.2 Å². The molecule has 2 rings (SSSR count). The third-order valence-electron chi connectivity index (χ3n) is 4.09. The van der Waals surface area contributed by atoms with E-state index in [-0.39, 0.29) is 4.90 Å². The number of carbonyl (C=O) groups is 1. The van der Waals surface area contributed by atoms with Crippen LogP contribution < -0.4 is 9.46 Å². The monoisotopic (exact) mass is 391 g/mol. The summed E-state index contributed by atoms with van der Waals surface area (Å²) in [6.45, 7) is 5.89. The fraction of sp³-hybridized carbons (Fsp3) is 0.350. The molecule has 0 aromatic heterocycles. The van der Waals surface area contributed by atoms with Gasteiger partial charge < -0.3 is 9.47 Å². The number of methoxy groups -OCH3 is 1. The molecule has 0 aliphatic rings. The van der Waals surface area contributed by atoms with Crippen LogP contribution >= 0.6 is 0 Å². The number of hydrogen-bond acceptors (Lipinski definition) is 5. The third-order valence-corrected chi connectivity index (χ3v) is 5.61. The van der Waals surface area contributed by atoms with Gasteiger partial charge in [-0.15, -0.1) is 0 Å². The van der Waals surface area contributed by atoms with E-state index in [1.165, 1.54) is 12.1 Å². The fourth-order valence-corrected chi connectivity index (χ4v) is 3.92. The van der Waals surface area contributed by atoms with Gasteiger partial charge in [-0.1, -0.05) is 13.3 Å². The molecular formula is C20H25NO5S. The van der Waals surface area contributed by atoms with Crippen molar-refractivity contribution in [3.8, 4) is 5.75 Å². The van der Waals surface area contributed by atoms with Crippen LogP contribution in [0, 0.1) is 13.8 Å². The Morgan fingerprint density at radius 3 is 2.33 bits per heavy atom. The zero-order chi connectivity index (χ0) is 20.0. The second-order valence-corrected chi connectivity index (χ2v) is 7.91. The normalized spacial score (nSPS) is 11.1. The Bertz CT molecular complexity index is 905. The van der Waals surface area contributed by atoms with E-state index < -0.39 is 16.0 Å². The molecule has 0 aliphatic heterocycles. The molecule has 0 radical (unpaired) electrons. The first-order chi connectivity index (χ1) is 12.8. The van der Waals surface area contributed by atoms with Crippen molar-refractivity contribution in [3.05, 3.63) is 53.1 Å². The van der Waals surface area contributed by atoms with Gasteiger partial charge in [-0.05, 0) is 67.8 Å². The molecule has 1 N–H and O–H groups in total. The molecule has 0 saturated heterocycles. The van der Waals surface area contributed by atoms with Crippen LogP contribution in [0.4, 0.5) is 5.69 Å². The summed E-state index contributed by atoms with van der Waals surface area (Å²) in [5.41, 5.74) is 2.06. The van der Waals surface area contributed by atoms with Gasteiger partial charge in [0.05, 0.1) is 24.2 Å². The van der Waals surface area contributed by atoms with Crippen molar-refractivity contribution in [1.82, 2.24) is 0 Å². The van der Waals surface area contributed by atoms with Gasteiger partial charge in [-0.25, -0.2) is 13.2 Å². The fourth-order valence-electron chi connectivity index (χ4n) is 2.55. The Morgan fingerprint density at radius 2 is 1.74 bits per heavy atom. The van der Waals surface area contributed by atoms with E-state index in [2.05, 4.69) is 4.72 Å². The molecule has 0 unspecified atom stereocenters. The van der Waals surface area contributed by atoms with Crippen molar-refractivity contribution in [2.75, 3.05) is 18.4 Å². The van der Waals surface area contributed by atoms with Crippen LogP contribution in [-0.4, -0.2) is 28.1 Å². The minimum atomic E-state index is -3.76. The molecule has 2 aromatic rings. The largest absolute Gasteiger partial charge is 0.496 e. The maximum atomic E-state index is 12.7. The van der Waals surface area contributed by atoms with Gasteiger partial charge in [0.1, 0.15) is 5.75 Å². The molecule has 7 heteroatoms. The number of sulfonamides is 1. The number of hydrogen-bond donors (Lipinski definition) is 1. The predicted molar refractivity (Wildman–Crippen MR) is 105 cm³/mol. The lowest BCUT2D eigenvalue weighted by atomic mass is 10.1. The minimum Gasteiger partial charge on any atom is -0.496 e. The average molecular weight is 391 g/mol. The summed E-state index contributed by atoms with van der Waals surface area (Å²) in [6.07, 6.45) is 1.75. The summed E-state index contributed by atoms with van der Waals surface area (Å²) < 4.78 is 38.3. The van der Waals surface area contributed by atoms with E-state index in [1.807, 2.05) is 6.92 Å². The van der Waals surface area contributed by atoms with Crippen molar-refractivity contribution in [2.24, 2.45) is 0 Å². The number of anilines is 1. The number of esters is 1. The highest BCUT2D eigenvalue weighted by atomic mass is 32.2. The molecule has 0 fully saturated rings. The lowest BCUT2D eigenvalue weighted by molar-refractivity contribution is 0.0500. The van der Waals surface area contributed by atoms with Gasteiger partial charge in [0.2, 0.25) is 0 Å². The van der Waals surface area contributed by atoms with Crippen LogP contribution in [0.15, 0.2) is 41.3 Å². The molecule has 0 aliphatic carbocycles. The lowest BCUT2D eigenvalue weighted by Gasteiger charge is -2.13. The summed E-state index contributed by atoms with van der Waals surface area (Å²) in [4.78, 5) is 12.1. The highest BCUT2D eigenvalue weighted by Crippen LogP contribution is 2.27. The Labute approximate surface area is 160 Å². The van der Waals surface area contributed by atoms with Crippen LogP contribution in [-0.2, 0) is 14.8 Å². The first-order valence-corrected chi connectivity index (χ1v) is 10.2. The van der Waals surface area contributed by atoms with E-state index in [4.69, 9.17) is 9.47 Å². The quantitative estimate of drug-likeness (QED) is 0.542. The molecule has 146 valence electrons. The highest BCUT2D eigenvalue weighted by molar-refractivity contribution is 7.92. The number of carbonyl (C=O) groups excluding carboxylic acids is 1. The highest BCUT2D eigenvalue weighted by Gasteiger charge is 2.19. The van der Waals surface area contributed by atoms with Crippen LogP contribution in [0.25, 0.3) is 0 Å². The number of aryl methyl sites for hydroxylation is 2. The maximum absolute atomic E-state index is 12.7. The van der Waals surface area contributed by atoms with Crippen LogP contribution in [0.5, 0.6) is 5.75 Å². The zero-order valence-corrected chi connectivity index (χ0v) is 16.9. The molecule has 27 heavy (non-hydrogen) atoms. The maximum Gasteiger partial charge on any atom is 0.338 e. The number of ether oxygens (including phenoxy) is 2. The second kappa shape index (κ2) is 8.90. The van der Waals surface area contributed by atoms with Crippen molar-refractivity contribution in [3.63, 3.8) is 0 Å². The molecular weight excluding hydrogens is 366 g/mol. The summed E-state index contributed by atoms with van der Waals surface area (Å²) >= 11 is 0. The topological polar surface area (TPSA) is 81.7 Å². The van der Waals surface area contributed by atoms with E-state index in [0.29, 0.717) is 29.2 Å². The molecule has 0 spiro atoms. The third kappa shape index (κ3) is 5.23. The Balaban J connectivity index is 2.16. The van der Waals surface area contributed by atoms with Crippen LogP contribution in [0.1, 0.15) is 41.3 Å². The molecule has 2 aromatic carbocycles. The van der Waals surface area contributed by atoms with Gasteiger partial charge >= 0.3 is 5.97 Å². The lowest BCUT2D eigenvalue weighted by Crippen LogP contribution is -2.15. The molecule has 6 nitrogen and oxygen atoms in total. The molecule has 0 heterocycles. The Hall–Kier alpha value is -2.54. The zero-order valence-electron chi connectivity index (χ0n) is 16.0. The smallest absolute Gasteiger partial charge is 0.338 e. The van der Waals surface area contributed by atoms with Crippen LogP contribution in [0.3, 0.4) is 0 Å². The number of benzene rings is 2. The van der Waals surface area contributed by atoms with E-state index >= 15 is 0 Å². The second-order valence-electron chi connectivity index (χ2n) is 6.26. The minimum absolute atomic E-state index is 0.184. The number of rotatable bonds is 8. The summed E-state index contributed by atoms with van der Waals surface area (Å²) in [5.74, 6) is 0.219. The van der Waals surface area contributed by atoms with E-state index in [9.17, 15) is 13.2 Å². The van der Waals surface area contributed by atoms with Crippen LogP contribution in [0.2, 0.25) is 0 Å². The Kier molecular flexibility index (Phi) is 6.85. The standard InChI is InChI=1S/C20H25NO5S/c1-5-6-11-26-20(22)16-7-9-17(10-8-16)21-27(23,24)19-13-14(2)18(25-4)12-15(19)3/h7-10,12-13,21H,5-6,11H2,1-4H3. The first kappa shape index (κ1) is 20.8. The average Bonchev–Trinajstić information content (AvgIpc) is 2.63. The summed E-state index contributed by atoms with van der Waals surface area (Å²) in [5, 5.41) is 0. The number of unbranched alkanes of at least 4 members (excludes halogenated alkanes) is 1. The predicted octanol–water partition coefficient (Wildman–Crippen LogP) is 4.07. The SMILES string of the molecule is CCCCOC(=O)c1ccc(NS(=O)(=O)c2cc(C)c(OC)cc2C)cc1. The van der Waals surface area contributed by atoms with Gasteiger partial charge in [0.15, 0.2) is 0 Å². The molecule has 0 saturated carbocycles. The summed E-state index contributed by atoms with van der Waals surface area (Å²) in [6, 6.07) is 9.44. The number of nitrogens with one attached hydrogen (secondary N) is 1. The Morgan fingerprint density at radius 1 is 1.07 bits per heavy atom. The van der Waals surface area contributed by atoms with Gasteiger partial charge in [0.25, 0.3) is 10.0 Å². The van der Waals surface area contributed by atoms with Crippen molar-refractivity contribution in [1.29, 1.82) is 0 Å². The van der Waals surface area contributed by atoms with Crippen molar-refractivity contribution in [2.45, 2.75) is 38.5 Å². The molecule has 0 amide bonds. The molecule has 0 bridgehead atoms.